The second-order valence-corrected chi connectivity index (χ2v) is 2.79. The van der Waals surface area contributed by atoms with Crippen LogP contribution in [0.25, 0.3) is 0 Å². The summed E-state index contributed by atoms with van der Waals surface area (Å²) in [6, 6.07) is -0.726. The van der Waals surface area contributed by atoms with E-state index in [1.54, 1.807) is 0 Å². The first-order chi connectivity index (χ1) is 6.43. The molecule has 0 aromatic carbocycles. The Morgan fingerprint density at radius 1 is 1.43 bits per heavy atom. The standard InChI is InChI=1S/C7H9N3O4/c1-2(8)4-3(6(12)13)5(11)10-7(14)9-4/h2H,8H2,1H3,(H,12,13)(H2,9,10,11,14). The van der Waals surface area contributed by atoms with E-state index >= 15 is 0 Å². The molecule has 0 aliphatic heterocycles. The van der Waals surface area contributed by atoms with Crippen molar-refractivity contribution in [1.82, 2.24) is 9.97 Å². The van der Waals surface area contributed by atoms with Gasteiger partial charge in [-0.15, -0.1) is 0 Å². The fourth-order valence-corrected chi connectivity index (χ4v) is 1.06. The number of aromatic carboxylic acids is 1. The van der Waals surface area contributed by atoms with Crippen molar-refractivity contribution in [2.24, 2.45) is 5.73 Å². The Kier molecular flexibility index (Phi) is 2.52. The molecule has 1 aromatic heterocycles. The largest absolute Gasteiger partial charge is 0.477 e. The van der Waals surface area contributed by atoms with Crippen LogP contribution in [0.1, 0.15) is 29.0 Å². The fraction of sp³-hybridized carbons (Fsp3) is 0.286. The summed E-state index contributed by atoms with van der Waals surface area (Å²) in [6.45, 7) is 1.47. The van der Waals surface area contributed by atoms with Crippen molar-refractivity contribution < 1.29 is 9.90 Å². The van der Waals surface area contributed by atoms with Crippen molar-refractivity contribution in [3.63, 3.8) is 0 Å². The zero-order valence-corrected chi connectivity index (χ0v) is 7.33. The molecule has 5 N–H and O–H groups in total. The van der Waals surface area contributed by atoms with Crippen LogP contribution in [0.5, 0.6) is 0 Å². The van der Waals surface area contributed by atoms with Crippen LogP contribution in [0.3, 0.4) is 0 Å². The smallest absolute Gasteiger partial charge is 0.343 e. The Labute approximate surface area is 77.6 Å². The van der Waals surface area contributed by atoms with Gasteiger partial charge in [0.2, 0.25) is 0 Å². The lowest BCUT2D eigenvalue weighted by Gasteiger charge is -2.07. The van der Waals surface area contributed by atoms with Crippen molar-refractivity contribution in [2.45, 2.75) is 13.0 Å². The molecule has 1 rings (SSSR count). The molecule has 7 nitrogen and oxygen atoms in total. The molecule has 0 fully saturated rings. The average Bonchev–Trinajstić information content (AvgIpc) is 2.01. The highest BCUT2D eigenvalue weighted by Crippen LogP contribution is 2.06. The molecule has 7 heteroatoms. The van der Waals surface area contributed by atoms with E-state index in [2.05, 4.69) is 4.98 Å². The zero-order chi connectivity index (χ0) is 10.9. The van der Waals surface area contributed by atoms with Gasteiger partial charge in [-0.25, -0.2) is 9.59 Å². The van der Waals surface area contributed by atoms with Gasteiger partial charge in [-0.2, -0.15) is 0 Å². The van der Waals surface area contributed by atoms with E-state index in [9.17, 15) is 14.4 Å². The van der Waals surface area contributed by atoms with Crippen molar-refractivity contribution >= 4 is 5.97 Å². The van der Waals surface area contributed by atoms with Crippen LogP contribution in [-0.2, 0) is 0 Å². The van der Waals surface area contributed by atoms with Crippen molar-refractivity contribution in [3.05, 3.63) is 32.1 Å². The van der Waals surface area contributed by atoms with E-state index in [1.165, 1.54) is 6.92 Å². The molecule has 0 saturated carbocycles. The molecular weight excluding hydrogens is 190 g/mol. The normalized spacial score (nSPS) is 12.4. The number of H-pyrrole nitrogens is 2. The van der Waals surface area contributed by atoms with E-state index in [0.717, 1.165) is 0 Å². The maximum absolute atomic E-state index is 11.1. The number of rotatable bonds is 2. The summed E-state index contributed by atoms with van der Waals surface area (Å²) in [5.74, 6) is -1.42. The number of aromatic amines is 2. The highest BCUT2D eigenvalue weighted by Gasteiger charge is 2.18. The van der Waals surface area contributed by atoms with Crippen LogP contribution < -0.4 is 17.0 Å². The summed E-state index contributed by atoms with van der Waals surface area (Å²) in [5, 5.41) is 8.69. The lowest BCUT2D eigenvalue weighted by atomic mass is 10.1. The number of carbonyl (C=O) groups is 1. The third-order valence-electron chi connectivity index (χ3n) is 1.64. The number of carboxylic acids is 1. The van der Waals surface area contributed by atoms with Gasteiger partial charge in [0.05, 0.1) is 5.69 Å². The van der Waals surface area contributed by atoms with Crippen molar-refractivity contribution in [1.29, 1.82) is 0 Å². The van der Waals surface area contributed by atoms with E-state index in [4.69, 9.17) is 10.8 Å². The van der Waals surface area contributed by atoms with E-state index in [0.29, 0.717) is 0 Å². The first kappa shape index (κ1) is 10.2. The Bertz CT molecular complexity index is 471. The lowest BCUT2D eigenvalue weighted by Crippen LogP contribution is -2.32. The minimum Gasteiger partial charge on any atom is -0.477 e. The van der Waals surface area contributed by atoms with E-state index in [-0.39, 0.29) is 5.69 Å². The van der Waals surface area contributed by atoms with Crippen LogP contribution >= 0.6 is 0 Å². The van der Waals surface area contributed by atoms with Crippen molar-refractivity contribution in [3.8, 4) is 0 Å². The Morgan fingerprint density at radius 2 is 2.00 bits per heavy atom. The maximum atomic E-state index is 11.1. The minimum atomic E-state index is -1.42. The summed E-state index contributed by atoms with van der Waals surface area (Å²) in [6.07, 6.45) is 0. The van der Waals surface area contributed by atoms with Gasteiger partial charge in [-0.05, 0) is 6.92 Å². The lowest BCUT2D eigenvalue weighted by molar-refractivity contribution is 0.0692. The number of hydrogen-bond acceptors (Lipinski definition) is 4. The van der Waals surface area contributed by atoms with Crippen LogP contribution in [0, 0.1) is 0 Å². The third kappa shape index (κ3) is 1.72. The summed E-state index contributed by atoms with van der Waals surface area (Å²) in [7, 11) is 0. The highest BCUT2D eigenvalue weighted by atomic mass is 16.4. The third-order valence-corrected chi connectivity index (χ3v) is 1.64. The number of aromatic nitrogens is 2. The van der Waals surface area contributed by atoms with Gasteiger partial charge >= 0.3 is 11.7 Å². The molecule has 0 saturated heterocycles. The molecule has 0 aliphatic rings. The second-order valence-electron chi connectivity index (χ2n) is 2.79. The van der Waals surface area contributed by atoms with Gasteiger partial charge in [0, 0.05) is 6.04 Å². The Morgan fingerprint density at radius 3 is 2.43 bits per heavy atom. The maximum Gasteiger partial charge on any atom is 0.343 e. The van der Waals surface area contributed by atoms with Gasteiger partial charge < -0.3 is 15.8 Å². The molecule has 14 heavy (non-hydrogen) atoms. The van der Waals surface area contributed by atoms with Crippen LogP contribution in [0.15, 0.2) is 9.59 Å². The zero-order valence-electron chi connectivity index (χ0n) is 7.33. The second kappa shape index (κ2) is 3.46. The molecule has 0 radical (unpaired) electrons. The van der Waals surface area contributed by atoms with E-state index in [1.807, 2.05) is 4.98 Å². The first-order valence-electron chi connectivity index (χ1n) is 3.79. The summed E-state index contributed by atoms with van der Waals surface area (Å²) in [5.41, 5.74) is 3.08. The fourth-order valence-electron chi connectivity index (χ4n) is 1.06. The molecule has 76 valence electrons. The number of nitrogens with two attached hydrogens (primary N) is 1. The average molecular weight is 199 g/mol. The number of hydrogen-bond donors (Lipinski definition) is 4. The first-order valence-corrected chi connectivity index (χ1v) is 3.79. The molecule has 0 aliphatic carbocycles. The molecule has 1 unspecified atom stereocenters. The topological polar surface area (TPSA) is 129 Å². The quantitative estimate of drug-likeness (QED) is 0.474. The molecule has 0 amide bonds. The summed E-state index contributed by atoms with van der Waals surface area (Å²) in [4.78, 5) is 36.6. The van der Waals surface area contributed by atoms with Crippen LogP contribution in [0.4, 0.5) is 0 Å². The van der Waals surface area contributed by atoms with Gasteiger partial charge in [-0.3, -0.25) is 9.78 Å². The molecular formula is C7H9N3O4. The highest BCUT2D eigenvalue weighted by molar-refractivity contribution is 5.88. The number of carboxylic acid groups (broad SMARTS) is 1. The molecule has 1 atom stereocenters. The Balaban J connectivity index is 3.61. The summed E-state index contributed by atoms with van der Waals surface area (Å²) < 4.78 is 0. The molecule has 0 spiro atoms. The van der Waals surface area contributed by atoms with Gasteiger partial charge in [-0.1, -0.05) is 0 Å². The van der Waals surface area contributed by atoms with Crippen LogP contribution in [-0.4, -0.2) is 21.0 Å². The van der Waals surface area contributed by atoms with Gasteiger partial charge in [0.25, 0.3) is 5.56 Å². The SMILES string of the molecule is CC(N)c1[nH]c(=O)[nH]c(=O)c1C(=O)O. The molecule has 1 aromatic rings. The minimum absolute atomic E-state index is 0.0775. The van der Waals surface area contributed by atoms with Crippen molar-refractivity contribution in [2.75, 3.05) is 0 Å². The monoisotopic (exact) mass is 199 g/mol. The predicted molar refractivity (Wildman–Crippen MR) is 47.2 cm³/mol. The molecule has 0 bridgehead atoms. The Hall–Kier alpha value is -1.89. The van der Waals surface area contributed by atoms with E-state index < -0.39 is 28.8 Å². The molecule has 1 heterocycles. The number of nitrogens with one attached hydrogen (secondary N) is 2. The van der Waals surface area contributed by atoms with Gasteiger partial charge in [0.1, 0.15) is 5.56 Å². The van der Waals surface area contributed by atoms with Gasteiger partial charge in [0.15, 0.2) is 0 Å². The predicted octanol–water partition coefficient (Wildman–Crippen LogP) is -1.22. The van der Waals surface area contributed by atoms with Crippen LogP contribution in [0.2, 0.25) is 0 Å². The summed E-state index contributed by atoms with van der Waals surface area (Å²) >= 11 is 0.